The first kappa shape index (κ1) is 17.1. The van der Waals surface area contributed by atoms with Crippen LogP contribution in [0.4, 0.5) is 8.78 Å². The van der Waals surface area contributed by atoms with Gasteiger partial charge in [-0.3, -0.25) is 0 Å². The summed E-state index contributed by atoms with van der Waals surface area (Å²) < 4.78 is 39.9. The molecule has 1 atom stereocenters. The second-order valence-corrected chi connectivity index (χ2v) is 4.94. The molecule has 0 heterocycles. The second-order valence-electron chi connectivity index (χ2n) is 4.09. The molecule has 0 fully saturated rings. The molecule has 1 aromatic carbocycles. The van der Waals surface area contributed by atoms with E-state index in [1.807, 2.05) is 0 Å². The summed E-state index contributed by atoms with van der Waals surface area (Å²) in [6.07, 6.45) is -2.05. The van der Waals surface area contributed by atoms with Gasteiger partial charge in [-0.25, -0.2) is 8.78 Å². The van der Waals surface area contributed by atoms with E-state index in [0.29, 0.717) is 17.9 Å². The number of alkyl halides is 2. The SMILES string of the molecule is COc1cc(C(N)CCOCC(F)F)c(OC)cc1Br. The highest BCUT2D eigenvalue weighted by atomic mass is 79.9. The summed E-state index contributed by atoms with van der Waals surface area (Å²) in [5.41, 5.74) is 6.79. The van der Waals surface area contributed by atoms with Crippen LogP contribution in [0, 0.1) is 0 Å². The van der Waals surface area contributed by atoms with Crippen molar-refractivity contribution in [2.45, 2.75) is 18.9 Å². The molecule has 4 nitrogen and oxygen atoms in total. The third-order valence-corrected chi connectivity index (χ3v) is 3.34. The number of ether oxygens (including phenoxy) is 3. The van der Waals surface area contributed by atoms with Crippen molar-refractivity contribution < 1.29 is 23.0 Å². The number of benzene rings is 1. The van der Waals surface area contributed by atoms with Gasteiger partial charge in [0.15, 0.2) is 0 Å². The first-order valence-corrected chi connectivity index (χ1v) is 6.81. The lowest BCUT2D eigenvalue weighted by molar-refractivity contribution is 0.0152. The van der Waals surface area contributed by atoms with Crippen molar-refractivity contribution >= 4 is 15.9 Å². The summed E-state index contributed by atoms with van der Waals surface area (Å²) in [5.74, 6) is 1.24. The third-order valence-electron chi connectivity index (χ3n) is 2.72. The standard InChI is InChI=1S/C13H18BrF2NO3/c1-18-11-6-9(14)12(19-2)5-8(11)10(17)3-4-20-7-13(15)16/h5-6,10,13H,3-4,7,17H2,1-2H3. The van der Waals surface area contributed by atoms with Crippen LogP contribution in [0.3, 0.4) is 0 Å². The van der Waals surface area contributed by atoms with Crippen LogP contribution in [0.5, 0.6) is 11.5 Å². The fourth-order valence-electron chi connectivity index (χ4n) is 1.71. The molecule has 0 saturated heterocycles. The summed E-state index contributed by atoms with van der Waals surface area (Å²) in [4.78, 5) is 0. The Balaban J connectivity index is 2.73. The van der Waals surface area contributed by atoms with Gasteiger partial charge in [-0.15, -0.1) is 0 Å². The second kappa shape index (κ2) is 8.39. The highest BCUT2D eigenvalue weighted by Gasteiger charge is 2.16. The van der Waals surface area contributed by atoms with Gasteiger partial charge in [-0.2, -0.15) is 0 Å². The number of nitrogens with two attached hydrogens (primary N) is 1. The third kappa shape index (κ3) is 4.88. The number of methoxy groups -OCH3 is 2. The topological polar surface area (TPSA) is 53.7 Å². The van der Waals surface area contributed by atoms with Crippen LogP contribution in [-0.4, -0.2) is 33.9 Å². The van der Waals surface area contributed by atoms with Crippen molar-refractivity contribution in [1.29, 1.82) is 0 Å². The van der Waals surface area contributed by atoms with Gasteiger partial charge >= 0.3 is 0 Å². The van der Waals surface area contributed by atoms with Crippen molar-refractivity contribution in [1.82, 2.24) is 0 Å². The van der Waals surface area contributed by atoms with E-state index in [1.165, 1.54) is 7.11 Å². The molecule has 20 heavy (non-hydrogen) atoms. The van der Waals surface area contributed by atoms with E-state index in [1.54, 1.807) is 19.2 Å². The van der Waals surface area contributed by atoms with Crippen LogP contribution >= 0.6 is 15.9 Å². The molecule has 0 aliphatic rings. The van der Waals surface area contributed by atoms with E-state index >= 15 is 0 Å². The number of hydrogen-bond acceptors (Lipinski definition) is 4. The van der Waals surface area contributed by atoms with Gasteiger partial charge in [0, 0.05) is 18.2 Å². The molecule has 0 saturated carbocycles. The van der Waals surface area contributed by atoms with Crippen LogP contribution in [-0.2, 0) is 4.74 Å². The van der Waals surface area contributed by atoms with Gasteiger partial charge < -0.3 is 19.9 Å². The highest BCUT2D eigenvalue weighted by molar-refractivity contribution is 9.10. The molecule has 1 unspecified atom stereocenters. The quantitative estimate of drug-likeness (QED) is 0.729. The monoisotopic (exact) mass is 353 g/mol. The summed E-state index contributed by atoms with van der Waals surface area (Å²) in [6.45, 7) is -0.416. The summed E-state index contributed by atoms with van der Waals surface area (Å²) in [7, 11) is 3.09. The molecule has 0 bridgehead atoms. The molecule has 1 aromatic rings. The minimum absolute atomic E-state index is 0.160. The molecule has 0 aliphatic heterocycles. The maximum Gasteiger partial charge on any atom is 0.261 e. The molecule has 0 radical (unpaired) electrons. The lowest BCUT2D eigenvalue weighted by atomic mass is 10.0. The molecule has 0 aromatic heterocycles. The van der Waals surface area contributed by atoms with Crippen LogP contribution < -0.4 is 15.2 Å². The molecular formula is C13H18BrF2NO3. The average molecular weight is 354 g/mol. The maximum atomic E-state index is 11.9. The summed E-state index contributed by atoms with van der Waals surface area (Å²) in [5, 5.41) is 0. The lowest BCUT2D eigenvalue weighted by Crippen LogP contribution is -2.16. The van der Waals surface area contributed by atoms with Crippen molar-refractivity contribution in [2.24, 2.45) is 5.73 Å². The van der Waals surface area contributed by atoms with Crippen molar-refractivity contribution in [3.63, 3.8) is 0 Å². The smallest absolute Gasteiger partial charge is 0.261 e. The van der Waals surface area contributed by atoms with Crippen LogP contribution in [0.1, 0.15) is 18.0 Å². The Morgan fingerprint density at radius 1 is 1.20 bits per heavy atom. The van der Waals surface area contributed by atoms with Crippen molar-refractivity contribution in [3.05, 3.63) is 22.2 Å². The van der Waals surface area contributed by atoms with E-state index < -0.39 is 13.0 Å². The van der Waals surface area contributed by atoms with Crippen molar-refractivity contribution in [2.75, 3.05) is 27.4 Å². The molecule has 114 valence electrons. The lowest BCUT2D eigenvalue weighted by Gasteiger charge is -2.17. The Kier molecular flexibility index (Phi) is 7.18. The Morgan fingerprint density at radius 3 is 2.40 bits per heavy atom. The van der Waals surface area contributed by atoms with E-state index in [2.05, 4.69) is 15.9 Å². The zero-order valence-corrected chi connectivity index (χ0v) is 13.0. The van der Waals surface area contributed by atoms with Crippen molar-refractivity contribution in [3.8, 4) is 11.5 Å². The van der Waals surface area contributed by atoms with Gasteiger partial charge in [0.1, 0.15) is 18.1 Å². The van der Waals surface area contributed by atoms with E-state index in [-0.39, 0.29) is 12.6 Å². The number of halogens is 3. The summed E-state index contributed by atoms with van der Waals surface area (Å²) >= 11 is 3.36. The highest BCUT2D eigenvalue weighted by Crippen LogP contribution is 2.36. The van der Waals surface area contributed by atoms with Gasteiger partial charge in [-0.05, 0) is 34.5 Å². The van der Waals surface area contributed by atoms with E-state index in [9.17, 15) is 8.78 Å². The zero-order valence-electron chi connectivity index (χ0n) is 11.4. The van der Waals surface area contributed by atoms with Gasteiger partial charge in [0.2, 0.25) is 0 Å². The largest absolute Gasteiger partial charge is 0.496 e. The Labute approximate surface area is 125 Å². The molecule has 2 N–H and O–H groups in total. The first-order valence-electron chi connectivity index (χ1n) is 6.02. The van der Waals surface area contributed by atoms with Gasteiger partial charge in [0.25, 0.3) is 6.43 Å². The Hall–Kier alpha value is -0.920. The molecule has 7 heteroatoms. The fraction of sp³-hybridized carbons (Fsp3) is 0.538. The molecule has 0 spiro atoms. The zero-order chi connectivity index (χ0) is 15.1. The maximum absolute atomic E-state index is 11.9. The van der Waals surface area contributed by atoms with E-state index in [4.69, 9.17) is 19.9 Å². The number of hydrogen-bond donors (Lipinski definition) is 1. The average Bonchev–Trinajstić information content (AvgIpc) is 2.42. The Morgan fingerprint density at radius 2 is 1.85 bits per heavy atom. The minimum Gasteiger partial charge on any atom is -0.496 e. The Bertz CT molecular complexity index is 432. The predicted molar refractivity (Wildman–Crippen MR) is 75.6 cm³/mol. The normalized spacial score (nSPS) is 12.6. The van der Waals surface area contributed by atoms with Crippen LogP contribution in [0.2, 0.25) is 0 Å². The molecule has 0 amide bonds. The van der Waals surface area contributed by atoms with Gasteiger partial charge in [-0.1, -0.05) is 0 Å². The molecule has 0 aliphatic carbocycles. The number of rotatable bonds is 8. The van der Waals surface area contributed by atoms with Crippen LogP contribution in [0.25, 0.3) is 0 Å². The summed E-state index contributed by atoms with van der Waals surface area (Å²) in [6, 6.07) is 3.14. The van der Waals surface area contributed by atoms with Crippen LogP contribution in [0.15, 0.2) is 16.6 Å². The molecular weight excluding hydrogens is 336 g/mol. The fourth-order valence-corrected chi connectivity index (χ4v) is 2.20. The predicted octanol–water partition coefficient (Wildman–Crippen LogP) is 3.14. The van der Waals surface area contributed by atoms with Gasteiger partial charge in [0.05, 0.1) is 18.7 Å². The van der Waals surface area contributed by atoms with E-state index in [0.717, 1.165) is 10.0 Å². The first-order chi connectivity index (χ1) is 9.49. The minimum atomic E-state index is -2.46. The molecule has 1 rings (SSSR count).